The molecule has 15 heavy (non-hydrogen) atoms. The van der Waals surface area contributed by atoms with Crippen LogP contribution in [0.2, 0.25) is 0 Å². The lowest BCUT2D eigenvalue weighted by atomic mass is 10.0. The van der Waals surface area contributed by atoms with Gasteiger partial charge in [0.2, 0.25) is 11.8 Å². The molecule has 5 heteroatoms. The van der Waals surface area contributed by atoms with E-state index in [0.717, 1.165) is 0 Å². The summed E-state index contributed by atoms with van der Waals surface area (Å²) in [7, 11) is 3.26. The average molecular weight is 215 g/mol. The summed E-state index contributed by atoms with van der Waals surface area (Å²) in [6.45, 7) is 4.02. The van der Waals surface area contributed by atoms with Gasteiger partial charge in [0.25, 0.3) is 0 Å². The van der Waals surface area contributed by atoms with Crippen molar-refractivity contribution >= 4 is 11.8 Å². The molecule has 2 amide bonds. The summed E-state index contributed by atoms with van der Waals surface area (Å²) in [5, 5.41) is 2.51. The van der Waals surface area contributed by atoms with Gasteiger partial charge in [-0.3, -0.25) is 9.59 Å². The Morgan fingerprint density at radius 1 is 1.40 bits per heavy atom. The third-order valence-electron chi connectivity index (χ3n) is 2.51. The molecule has 0 rings (SSSR count). The number of amides is 2. The van der Waals surface area contributed by atoms with Crippen LogP contribution in [0.4, 0.5) is 0 Å². The molecule has 0 fully saturated rings. The molecule has 3 N–H and O–H groups in total. The molecule has 0 aliphatic heterocycles. The number of carbonyl (C=O) groups is 2. The summed E-state index contributed by atoms with van der Waals surface area (Å²) in [5.41, 5.74) is 5.63. The van der Waals surface area contributed by atoms with E-state index >= 15 is 0 Å². The third-order valence-corrected chi connectivity index (χ3v) is 2.51. The molecule has 0 radical (unpaired) electrons. The second kappa shape index (κ2) is 6.40. The number of rotatable bonds is 5. The normalized spacial score (nSPS) is 14.2. The van der Waals surface area contributed by atoms with Crippen LogP contribution < -0.4 is 11.1 Å². The topological polar surface area (TPSA) is 75.4 Å². The molecule has 0 spiro atoms. The Kier molecular flexibility index (Phi) is 5.93. The highest BCUT2D eigenvalue weighted by Crippen LogP contribution is 2.04. The van der Waals surface area contributed by atoms with E-state index in [0.29, 0.717) is 13.0 Å². The SMILES string of the molecule is CNC(=O)CCN(C)C(=O)C(C)C(C)N. The van der Waals surface area contributed by atoms with Crippen LogP contribution in [0.5, 0.6) is 0 Å². The standard InChI is InChI=1S/C10H21N3O2/c1-7(8(2)11)10(15)13(4)6-5-9(14)12-3/h7-8H,5-6,11H2,1-4H3,(H,12,14). The molecule has 88 valence electrons. The first-order valence-electron chi connectivity index (χ1n) is 5.11. The highest BCUT2D eigenvalue weighted by Gasteiger charge is 2.20. The van der Waals surface area contributed by atoms with Gasteiger partial charge in [0.05, 0.1) is 5.92 Å². The van der Waals surface area contributed by atoms with E-state index in [-0.39, 0.29) is 23.8 Å². The third kappa shape index (κ3) is 4.78. The van der Waals surface area contributed by atoms with Crippen molar-refractivity contribution in [3.8, 4) is 0 Å². The summed E-state index contributed by atoms with van der Waals surface area (Å²) in [6.07, 6.45) is 0.324. The molecule has 0 saturated carbocycles. The molecule has 0 aromatic heterocycles. The molecule has 5 nitrogen and oxygen atoms in total. The largest absolute Gasteiger partial charge is 0.359 e. The van der Waals surface area contributed by atoms with Crippen LogP contribution in [0.25, 0.3) is 0 Å². The summed E-state index contributed by atoms with van der Waals surface area (Å²) < 4.78 is 0. The molecular weight excluding hydrogens is 194 g/mol. The Bertz CT molecular complexity index is 229. The summed E-state index contributed by atoms with van der Waals surface area (Å²) in [5.74, 6) is -0.295. The van der Waals surface area contributed by atoms with Crippen LogP contribution in [-0.4, -0.2) is 43.4 Å². The Balaban J connectivity index is 4.04. The first-order valence-corrected chi connectivity index (χ1v) is 5.11. The fourth-order valence-electron chi connectivity index (χ4n) is 1.08. The van der Waals surface area contributed by atoms with Gasteiger partial charge in [-0.25, -0.2) is 0 Å². The van der Waals surface area contributed by atoms with Crippen LogP contribution in [0, 0.1) is 5.92 Å². The van der Waals surface area contributed by atoms with Crippen molar-refractivity contribution in [3.05, 3.63) is 0 Å². The fraction of sp³-hybridized carbons (Fsp3) is 0.800. The summed E-state index contributed by atoms with van der Waals surface area (Å²) >= 11 is 0. The number of hydrogen-bond donors (Lipinski definition) is 2. The lowest BCUT2D eigenvalue weighted by Crippen LogP contribution is -2.41. The van der Waals surface area contributed by atoms with E-state index in [1.807, 2.05) is 0 Å². The van der Waals surface area contributed by atoms with Crippen LogP contribution in [0.1, 0.15) is 20.3 Å². The minimum atomic E-state index is -0.209. The van der Waals surface area contributed by atoms with E-state index in [2.05, 4.69) is 5.32 Å². The maximum atomic E-state index is 11.7. The summed E-state index contributed by atoms with van der Waals surface area (Å²) in [4.78, 5) is 24.2. The Labute approximate surface area is 91.0 Å². The Morgan fingerprint density at radius 2 is 1.93 bits per heavy atom. The van der Waals surface area contributed by atoms with Gasteiger partial charge >= 0.3 is 0 Å². The van der Waals surface area contributed by atoms with Gasteiger partial charge in [-0.15, -0.1) is 0 Å². The molecule has 2 atom stereocenters. The smallest absolute Gasteiger partial charge is 0.226 e. The quantitative estimate of drug-likeness (QED) is 0.653. The second-order valence-corrected chi connectivity index (χ2v) is 3.83. The van der Waals surface area contributed by atoms with Crippen molar-refractivity contribution in [2.45, 2.75) is 26.3 Å². The van der Waals surface area contributed by atoms with Crippen molar-refractivity contribution in [1.29, 1.82) is 0 Å². The molecule has 0 aromatic rings. The molecule has 0 heterocycles. The first kappa shape index (κ1) is 13.9. The number of carbonyl (C=O) groups excluding carboxylic acids is 2. The predicted octanol–water partition coefficient (Wildman–Crippen LogP) is -0.436. The molecule has 0 aliphatic carbocycles. The van der Waals surface area contributed by atoms with Gasteiger partial charge in [0.1, 0.15) is 0 Å². The minimum Gasteiger partial charge on any atom is -0.359 e. The van der Waals surface area contributed by atoms with Gasteiger partial charge in [0, 0.05) is 33.1 Å². The van der Waals surface area contributed by atoms with E-state index in [4.69, 9.17) is 5.73 Å². The highest BCUT2D eigenvalue weighted by atomic mass is 16.2. The zero-order chi connectivity index (χ0) is 12.0. The zero-order valence-electron chi connectivity index (χ0n) is 9.91. The Hall–Kier alpha value is -1.10. The van der Waals surface area contributed by atoms with Crippen LogP contribution in [0.15, 0.2) is 0 Å². The number of nitrogens with two attached hydrogens (primary N) is 1. The molecular formula is C10H21N3O2. The molecule has 0 aromatic carbocycles. The van der Waals surface area contributed by atoms with Gasteiger partial charge < -0.3 is 16.0 Å². The van der Waals surface area contributed by atoms with Crippen LogP contribution in [0.3, 0.4) is 0 Å². The van der Waals surface area contributed by atoms with Gasteiger partial charge in [-0.2, -0.15) is 0 Å². The zero-order valence-corrected chi connectivity index (χ0v) is 9.91. The van der Waals surface area contributed by atoms with Gasteiger partial charge in [0.15, 0.2) is 0 Å². The van der Waals surface area contributed by atoms with Crippen LogP contribution in [-0.2, 0) is 9.59 Å². The van der Waals surface area contributed by atoms with Crippen molar-refractivity contribution in [2.75, 3.05) is 20.6 Å². The number of nitrogens with zero attached hydrogens (tertiary/aromatic N) is 1. The minimum absolute atomic E-state index is 0.0195. The second-order valence-electron chi connectivity index (χ2n) is 3.83. The van der Waals surface area contributed by atoms with E-state index < -0.39 is 0 Å². The molecule has 0 saturated heterocycles. The van der Waals surface area contributed by atoms with Crippen LogP contribution >= 0.6 is 0 Å². The fourth-order valence-corrected chi connectivity index (χ4v) is 1.08. The monoisotopic (exact) mass is 215 g/mol. The molecule has 2 unspecified atom stereocenters. The van der Waals surface area contributed by atoms with Crippen molar-refractivity contribution in [3.63, 3.8) is 0 Å². The highest BCUT2D eigenvalue weighted by molar-refractivity contribution is 5.80. The van der Waals surface area contributed by atoms with Crippen molar-refractivity contribution < 1.29 is 9.59 Å². The maximum Gasteiger partial charge on any atom is 0.226 e. The maximum absolute atomic E-state index is 11.7. The summed E-state index contributed by atoms with van der Waals surface area (Å²) in [6, 6.07) is -0.167. The first-order chi connectivity index (χ1) is 6.90. The lowest BCUT2D eigenvalue weighted by Gasteiger charge is -2.23. The van der Waals surface area contributed by atoms with E-state index in [1.54, 1.807) is 32.8 Å². The van der Waals surface area contributed by atoms with E-state index in [9.17, 15) is 9.59 Å². The molecule has 0 bridgehead atoms. The van der Waals surface area contributed by atoms with Crippen molar-refractivity contribution in [1.82, 2.24) is 10.2 Å². The molecule has 0 aliphatic rings. The lowest BCUT2D eigenvalue weighted by molar-refractivity contribution is -0.134. The predicted molar refractivity (Wildman–Crippen MR) is 59.1 cm³/mol. The van der Waals surface area contributed by atoms with Crippen molar-refractivity contribution in [2.24, 2.45) is 11.7 Å². The average Bonchev–Trinajstić information content (AvgIpc) is 2.22. The number of nitrogens with one attached hydrogen (secondary N) is 1. The Morgan fingerprint density at radius 3 is 2.33 bits per heavy atom. The van der Waals surface area contributed by atoms with Gasteiger partial charge in [-0.05, 0) is 6.92 Å². The van der Waals surface area contributed by atoms with Gasteiger partial charge in [-0.1, -0.05) is 6.92 Å². The van der Waals surface area contributed by atoms with E-state index in [1.165, 1.54) is 0 Å². The number of hydrogen-bond acceptors (Lipinski definition) is 3.